The Hall–Kier alpha value is -2.13. The average Bonchev–Trinajstić information content (AvgIpc) is 3.23. The van der Waals surface area contributed by atoms with Gasteiger partial charge in [0.05, 0.1) is 26.9 Å². The highest BCUT2D eigenvalue weighted by atomic mass is 16.7. The van der Waals surface area contributed by atoms with Crippen LogP contribution in [-0.4, -0.2) is 82.4 Å². The molecule has 1 saturated heterocycles. The maximum atomic E-state index is 13.9. The molecule has 0 saturated carbocycles. The van der Waals surface area contributed by atoms with Gasteiger partial charge in [0.1, 0.15) is 18.0 Å². The van der Waals surface area contributed by atoms with E-state index in [2.05, 4.69) is 35.9 Å². The molecule has 0 amide bonds. The Morgan fingerprint density at radius 3 is 2.78 bits per heavy atom. The van der Waals surface area contributed by atoms with Gasteiger partial charge in [0, 0.05) is 49.4 Å². The lowest BCUT2D eigenvalue weighted by Crippen LogP contribution is -2.60. The fourth-order valence-corrected chi connectivity index (χ4v) is 6.40. The molecule has 1 N–H and O–H groups in total. The highest BCUT2D eigenvalue weighted by Gasteiger charge is 2.56. The molecule has 2 aliphatic heterocycles. The third-order valence-corrected chi connectivity index (χ3v) is 8.30. The van der Waals surface area contributed by atoms with Crippen LogP contribution in [-0.2, 0) is 35.6 Å². The first-order chi connectivity index (χ1) is 17.9. The van der Waals surface area contributed by atoms with Crippen molar-refractivity contribution in [3.8, 4) is 5.75 Å². The number of nitrogens with one attached hydrogen (secondary N) is 1. The minimum absolute atomic E-state index is 0.0573. The maximum absolute atomic E-state index is 13.9. The number of hydrogen-bond donors (Lipinski definition) is 1. The third-order valence-electron chi connectivity index (χ3n) is 8.30. The van der Waals surface area contributed by atoms with E-state index in [-0.39, 0.29) is 12.0 Å². The smallest absolute Gasteiger partial charge is 0.319 e. The van der Waals surface area contributed by atoms with Crippen LogP contribution in [0.2, 0.25) is 0 Å². The van der Waals surface area contributed by atoms with Crippen molar-refractivity contribution in [1.29, 1.82) is 0 Å². The van der Waals surface area contributed by atoms with Crippen LogP contribution in [0.4, 0.5) is 0 Å². The number of rotatable bonds is 13. The number of hydrogen-bond acceptors (Lipinski definition) is 7. The number of carbonyl (C=O) groups is 1. The lowest BCUT2D eigenvalue weighted by atomic mass is 9.66. The Kier molecular flexibility index (Phi) is 9.51. The summed E-state index contributed by atoms with van der Waals surface area (Å²) in [4.78, 5) is 20.1. The summed E-state index contributed by atoms with van der Waals surface area (Å²) in [5, 5.41) is 1.15. The molecule has 1 fully saturated rings. The van der Waals surface area contributed by atoms with Crippen LogP contribution in [0.3, 0.4) is 0 Å². The predicted molar refractivity (Wildman–Crippen MR) is 143 cm³/mol. The van der Waals surface area contributed by atoms with E-state index in [1.165, 1.54) is 5.56 Å². The molecule has 4 unspecified atom stereocenters. The van der Waals surface area contributed by atoms with Gasteiger partial charge in [-0.05, 0) is 75.1 Å². The molecule has 37 heavy (non-hydrogen) atoms. The molecule has 0 aliphatic carbocycles. The second kappa shape index (κ2) is 12.6. The van der Waals surface area contributed by atoms with Crippen LogP contribution >= 0.6 is 0 Å². The lowest BCUT2D eigenvalue weighted by molar-refractivity contribution is -0.157. The number of esters is 1. The first kappa shape index (κ1) is 27.9. The number of carbonyl (C=O) groups excluding carboxylic acids is 1. The van der Waals surface area contributed by atoms with Crippen LogP contribution in [0.5, 0.6) is 5.75 Å². The first-order valence-electron chi connectivity index (χ1n) is 13.7. The van der Waals surface area contributed by atoms with Crippen molar-refractivity contribution in [1.82, 2.24) is 9.88 Å². The Labute approximate surface area is 220 Å². The highest BCUT2D eigenvalue weighted by Crippen LogP contribution is 2.48. The monoisotopic (exact) mass is 516 g/mol. The average molecular weight is 517 g/mol. The van der Waals surface area contributed by atoms with Crippen molar-refractivity contribution in [2.45, 2.75) is 57.9 Å². The number of H-pyrrole nitrogens is 1. The van der Waals surface area contributed by atoms with Gasteiger partial charge < -0.3 is 28.7 Å². The first-order valence-corrected chi connectivity index (χ1v) is 13.7. The molecule has 206 valence electrons. The zero-order valence-electron chi connectivity index (χ0n) is 23.1. The van der Waals surface area contributed by atoms with Gasteiger partial charge in [-0.3, -0.25) is 9.69 Å². The van der Waals surface area contributed by atoms with Gasteiger partial charge in [-0.1, -0.05) is 6.92 Å². The van der Waals surface area contributed by atoms with Gasteiger partial charge in [0.15, 0.2) is 0 Å². The molecule has 1 aromatic heterocycles. The van der Waals surface area contributed by atoms with Gasteiger partial charge in [0.25, 0.3) is 0 Å². The number of ether oxygens (including phenoxy) is 5. The Balaban J connectivity index is 1.55. The minimum Gasteiger partial charge on any atom is -0.497 e. The molecule has 8 heteroatoms. The van der Waals surface area contributed by atoms with E-state index in [0.29, 0.717) is 45.1 Å². The quantitative estimate of drug-likeness (QED) is 0.242. The molecule has 5 atom stereocenters. The molecule has 0 spiro atoms. The van der Waals surface area contributed by atoms with E-state index in [0.717, 1.165) is 61.1 Å². The number of aromatic amines is 1. The van der Waals surface area contributed by atoms with Crippen molar-refractivity contribution in [3.05, 3.63) is 29.5 Å². The standard InChI is InChI=1S/C29H44N2O6/c1-6-37-28(32)29-17-22(15-20(2)10-12-35-19-36-14-13-33-4)18-31(21(29)3)11-9-24-25-16-23(34-5)7-8-26(25)30-27(24)29/h7-8,16,20-22,30H,6,9-15,17-19H2,1-5H3/t20?,21?,22-,29?/m0/s1. The third kappa shape index (κ3) is 5.82. The molecule has 4 rings (SSSR count). The Morgan fingerprint density at radius 2 is 2.03 bits per heavy atom. The van der Waals surface area contributed by atoms with Gasteiger partial charge >= 0.3 is 5.97 Å². The molecule has 1 aromatic carbocycles. The molecule has 2 bridgehead atoms. The van der Waals surface area contributed by atoms with Crippen molar-refractivity contribution in [2.24, 2.45) is 11.8 Å². The van der Waals surface area contributed by atoms with Crippen molar-refractivity contribution < 1.29 is 28.5 Å². The summed E-state index contributed by atoms with van der Waals surface area (Å²) in [7, 11) is 3.35. The summed E-state index contributed by atoms with van der Waals surface area (Å²) < 4.78 is 27.4. The Bertz CT molecular complexity index is 1040. The van der Waals surface area contributed by atoms with E-state index in [1.807, 2.05) is 13.0 Å². The van der Waals surface area contributed by atoms with Gasteiger partial charge in [-0.15, -0.1) is 0 Å². The number of methoxy groups -OCH3 is 2. The molecular formula is C29H44N2O6. The number of piperidine rings is 1. The van der Waals surface area contributed by atoms with Crippen molar-refractivity contribution in [3.63, 3.8) is 0 Å². The zero-order chi connectivity index (χ0) is 26.4. The van der Waals surface area contributed by atoms with E-state index in [9.17, 15) is 4.79 Å². The maximum Gasteiger partial charge on any atom is 0.319 e. The fourth-order valence-electron chi connectivity index (χ4n) is 6.40. The molecule has 2 aliphatic rings. The lowest BCUT2D eigenvalue weighted by Gasteiger charge is -2.48. The summed E-state index contributed by atoms with van der Waals surface area (Å²) in [6, 6.07) is 6.19. The summed E-state index contributed by atoms with van der Waals surface area (Å²) in [6.07, 6.45) is 3.68. The molecular weight excluding hydrogens is 472 g/mol. The zero-order valence-corrected chi connectivity index (χ0v) is 23.1. The van der Waals surface area contributed by atoms with Crippen LogP contribution in [0, 0.1) is 11.8 Å². The largest absolute Gasteiger partial charge is 0.497 e. The molecule has 3 heterocycles. The van der Waals surface area contributed by atoms with E-state index in [1.54, 1.807) is 14.2 Å². The normalized spacial score (nSPS) is 25.9. The van der Waals surface area contributed by atoms with Crippen molar-refractivity contribution >= 4 is 16.9 Å². The van der Waals surface area contributed by atoms with Crippen LogP contribution in [0.15, 0.2) is 18.2 Å². The molecule has 2 aromatic rings. The van der Waals surface area contributed by atoms with Crippen LogP contribution in [0.25, 0.3) is 10.9 Å². The van der Waals surface area contributed by atoms with E-state index < -0.39 is 5.41 Å². The topological polar surface area (TPSA) is 82.3 Å². The molecule has 8 nitrogen and oxygen atoms in total. The van der Waals surface area contributed by atoms with Gasteiger partial charge in [0.2, 0.25) is 0 Å². The number of benzene rings is 1. The van der Waals surface area contributed by atoms with E-state index >= 15 is 0 Å². The number of aromatic nitrogens is 1. The fraction of sp³-hybridized carbons (Fsp3) is 0.690. The second-order valence-electron chi connectivity index (χ2n) is 10.6. The number of fused-ring (bicyclic) bond motifs is 6. The summed E-state index contributed by atoms with van der Waals surface area (Å²) in [5.41, 5.74) is 2.60. The summed E-state index contributed by atoms with van der Waals surface area (Å²) >= 11 is 0. The SMILES string of the molecule is CCOC(=O)C12C[C@H](CC(C)CCOCOCCOC)CN(CCc3c1[nH]c1ccc(OC)cc31)C2C. The molecule has 0 radical (unpaired) electrons. The van der Waals surface area contributed by atoms with Crippen molar-refractivity contribution in [2.75, 3.05) is 60.5 Å². The minimum atomic E-state index is -0.720. The van der Waals surface area contributed by atoms with Crippen LogP contribution in [0.1, 0.15) is 51.3 Å². The number of nitrogens with zero attached hydrogens (tertiary/aromatic N) is 1. The van der Waals surface area contributed by atoms with E-state index in [4.69, 9.17) is 23.7 Å². The predicted octanol–water partition coefficient (Wildman–Crippen LogP) is 4.30. The van der Waals surface area contributed by atoms with Gasteiger partial charge in [-0.25, -0.2) is 0 Å². The van der Waals surface area contributed by atoms with Crippen LogP contribution < -0.4 is 4.74 Å². The Morgan fingerprint density at radius 1 is 1.22 bits per heavy atom. The second-order valence-corrected chi connectivity index (χ2v) is 10.6. The summed E-state index contributed by atoms with van der Waals surface area (Å²) in [5.74, 6) is 1.59. The van der Waals surface area contributed by atoms with Gasteiger partial charge in [-0.2, -0.15) is 0 Å². The summed E-state index contributed by atoms with van der Waals surface area (Å²) in [6.45, 7) is 10.8. The highest BCUT2D eigenvalue weighted by molar-refractivity contribution is 5.92.